The summed E-state index contributed by atoms with van der Waals surface area (Å²) in [5.74, 6) is -2.57. The number of alkyl halides is 1. The summed E-state index contributed by atoms with van der Waals surface area (Å²) >= 11 is 0.909. The molecule has 0 unspecified atom stereocenters. The number of hydrogen-bond acceptors (Lipinski definition) is 6. The van der Waals surface area contributed by atoms with Crippen LogP contribution < -0.4 is 0 Å². The first kappa shape index (κ1) is 26.4. The van der Waals surface area contributed by atoms with Crippen molar-refractivity contribution in [1.82, 2.24) is 14.7 Å². The number of carboxylic acid groups (broad SMARTS) is 1. The average molecular weight is 500 g/mol. The Labute approximate surface area is 203 Å². The molecule has 0 aromatic heterocycles. The molecular weight excluding hydrogens is 465 g/mol. The highest BCUT2D eigenvalue weighted by Gasteiger charge is 2.47. The molecule has 0 spiro atoms. The van der Waals surface area contributed by atoms with Gasteiger partial charge < -0.3 is 19.8 Å². The monoisotopic (exact) mass is 499 g/mol. The summed E-state index contributed by atoms with van der Waals surface area (Å²) in [6.45, 7) is 5.81. The summed E-state index contributed by atoms with van der Waals surface area (Å²) in [6, 6.07) is -1.74. The van der Waals surface area contributed by atoms with E-state index >= 15 is 0 Å². The van der Waals surface area contributed by atoms with Crippen LogP contribution in [0.25, 0.3) is 0 Å². The maximum atomic E-state index is 14.5. The average Bonchev–Trinajstić information content (AvgIpc) is 3.50. The standard InChI is InChI=1S/C23H34FN3O6S/c1-13(2)9-19(34-14(3)28)22(31)27-12-16(24)10-18(27)21(30)26-7-4-5-17(26)20(29)25-8-6-15(11-25)23(32)33/h13,15-19H,4-12H2,1-3H3,(H,32,33)/t15-,16+,17+,18+,19+/m1/s1. The Bertz CT molecular complexity index is 840. The van der Waals surface area contributed by atoms with Crippen molar-refractivity contribution in [3.8, 4) is 0 Å². The fourth-order valence-corrected chi connectivity index (χ4v) is 6.24. The SMILES string of the molecule is CC(=O)S[C@@H](CC(C)C)C(=O)N1C[C@@H](F)C[C@H]1C(=O)N1CCC[C@H]1C(=O)N1CC[C@@H](C(=O)O)C1. The Kier molecular flexibility index (Phi) is 8.59. The third-order valence-corrected chi connectivity index (χ3v) is 7.77. The first-order chi connectivity index (χ1) is 16.0. The number of hydrogen-bond donors (Lipinski definition) is 1. The van der Waals surface area contributed by atoms with Gasteiger partial charge in [-0.3, -0.25) is 24.0 Å². The van der Waals surface area contributed by atoms with Crippen molar-refractivity contribution in [3.05, 3.63) is 0 Å². The van der Waals surface area contributed by atoms with Crippen molar-refractivity contribution in [2.45, 2.75) is 76.4 Å². The largest absolute Gasteiger partial charge is 0.481 e. The van der Waals surface area contributed by atoms with Crippen molar-refractivity contribution in [1.29, 1.82) is 0 Å². The lowest BCUT2D eigenvalue weighted by Gasteiger charge is -2.33. The number of halogens is 1. The summed E-state index contributed by atoms with van der Waals surface area (Å²) < 4.78 is 14.5. The number of amides is 3. The van der Waals surface area contributed by atoms with E-state index in [4.69, 9.17) is 0 Å². The van der Waals surface area contributed by atoms with E-state index in [-0.39, 0.29) is 36.5 Å². The molecule has 3 heterocycles. The Morgan fingerprint density at radius 1 is 1.00 bits per heavy atom. The molecule has 0 aliphatic carbocycles. The zero-order chi connectivity index (χ0) is 25.2. The maximum absolute atomic E-state index is 14.5. The minimum absolute atomic E-state index is 0.118. The van der Waals surface area contributed by atoms with Gasteiger partial charge in [-0.25, -0.2) is 4.39 Å². The van der Waals surface area contributed by atoms with Crippen LogP contribution >= 0.6 is 11.8 Å². The van der Waals surface area contributed by atoms with Crippen molar-refractivity contribution in [2.75, 3.05) is 26.2 Å². The minimum atomic E-state index is -1.36. The topological polar surface area (TPSA) is 115 Å². The lowest BCUT2D eigenvalue weighted by molar-refractivity contribution is -0.149. The van der Waals surface area contributed by atoms with Gasteiger partial charge in [0.25, 0.3) is 0 Å². The van der Waals surface area contributed by atoms with Gasteiger partial charge in [-0.2, -0.15) is 0 Å². The Balaban J connectivity index is 1.74. The van der Waals surface area contributed by atoms with Crippen LogP contribution in [0.3, 0.4) is 0 Å². The van der Waals surface area contributed by atoms with Gasteiger partial charge in [0, 0.05) is 33.0 Å². The predicted molar refractivity (Wildman–Crippen MR) is 124 cm³/mol. The van der Waals surface area contributed by atoms with Crippen LogP contribution in [-0.2, 0) is 24.0 Å². The van der Waals surface area contributed by atoms with Gasteiger partial charge in [-0.05, 0) is 31.6 Å². The lowest BCUT2D eigenvalue weighted by atomic mass is 10.1. The van der Waals surface area contributed by atoms with Crippen molar-refractivity contribution in [2.24, 2.45) is 11.8 Å². The second kappa shape index (κ2) is 11.0. The Hall–Kier alpha value is -2.17. The summed E-state index contributed by atoms with van der Waals surface area (Å²) in [4.78, 5) is 67.1. The molecule has 0 bridgehead atoms. The number of carbonyl (C=O) groups excluding carboxylic acids is 4. The van der Waals surface area contributed by atoms with E-state index in [1.54, 1.807) is 0 Å². The number of carboxylic acids is 1. The molecule has 11 heteroatoms. The number of thioether (sulfide) groups is 1. The van der Waals surface area contributed by atoms with E-state index in [1.807, 2.05) is 13.8 Å². The van der Waals surface area contributed by atoms with Crippen LogP contribution in [0.4, 0.5) is 4.39 Å². The quantitative estimate of drug-likeness (QED) is 0.565. The first-order valence-corrected chi connectivity index (χ1v) is 12.8. The lowest BCUT2D eigenvalue weighted by Crippen LogP contribution is -2.54. The third-order valence-electron chi connectivity index (χ3n) is 6.76. The van der Waals surface area contributed by atoms with Gasteiger partial charge in [-0.15, -0.1) is 0 Å². The summed E-state index contributed by atoms with van der Waals surface area (Å²) in [5, 5.41) is 8.32. The molecular formula is C23H34FN3O6S. The second-order valence-corrected chi connectivity index (χ2v) is 11.2. The van der Waals surface area contributed by atoms with E-state index in [1.165, 1.54) is 21.6 Å². The van der Waals surface area contributed by atoms with Crippen molar-refractivity contribution in [3.63, 3.8) is 0 Å². The molecule has 0 saturated carbocycles. The molecule has 1 N–H and O–H groups in total. The van der Waals surface area contributed by atoms with Gasteiger partial charge in [0.15, 0.2) is 5.12 Å². The van der Waals surface area contributed by atoms with E-state index in [9.17, 15) is 33.5 Å². The maximum Gasteiger partial charge on any atom is 0.308 e. The number of carbonyl (C=O) groups is 5. The summed E-state index contributed by atoms with van der Waals surface area (Å²) in [7, 11) is 0. The van der Waals surface area contributed by atoms with E-state index in [0.29, 0.717) is 38.8 Å². The number of aliphatic carboxylic acids is 1. The van der Waals surface area contributed by atoms with Crippen LogP contribution in [0.15, 0.2) is 0 Å². The van der Waals surface area contributed by atoms with Crippen LogP contribution in [0.5, 0.6) is 0 Å². The molecule has 190 valence electrons. The molecule has 9 nitrogen and oxygen atoms in total. The third kappa shape index (κ3) is 5.90. The Morgan fingerprint density at radius 3 is 2.29 bits per heavy atom. The van der Waals surface area contributed by atoms with E-state index in [0.717, 1.165) is 11.8 Å². The van der Waals surface area contributed by atoms with Crippen LogP contribution in [-0.4, -0.2) is 98.3 Å². The van der Waals surface area contributed by atoms with E-state index < -0.39 is 47.2 Å². The fourth-order valence-electron chi connectivity index (χ4n) is 5.13. The summed E-state index contributed by atoms with van der Waals surface area (Å²) in [5.41, 5.74) is 0. The van der Waals surface area contributed by atoms with Crippen LogP contribution in [0, 0.1) is 11.8 Å². The van der Waals surface area contributed by atoms with E-state index in [2.05, 4.69) is 0 Å². The van der Waals surface area contributed by atoms with Crippen molar-refractivity contribution < 1.29 is 33.5 Å². The fraction of sp³-hybridized carbons (Fsp3) is 0.783. The van der Waals surface area contributed by atoms with Crippen LogP contribution in [0.1, 0.15) is 52.9 Å². The number of rotatable bonds is 7. The minimum Gasteiger partial charge on any atom is -0.481 e. The predicted octanol–water partition coefficient (Wildman–Crippen LogP) is 1.54. The number of nitrogens with zero attached hydrogens (tertiary/aromatic N) is 3. The highest BCUT2D eigenvalue weighted by atomic mass is 32.2. The van der Waals surface area contributed by atoms with Gasteiger partial charge in [0.05, 0.1) is 17.7 Å². The molecule has 5 atom stereocenters. The Morgan fingerprint density at radius 2 is 1.71 bits per heavy atom. The van der Waals surface area contributed by atoms with Gasteiger partial charge in [-0.1, -0.05) is 25.6 Å². The number of likely N-dealkylation sites (tertiary alicyclic amines) is 3. The molecule has 3 rings (SSSR count). The zero-order valence-electron chi connectivity index (χ0n) is 19.9. The molecule has 0 aromatic rings. The smallest absolute Gasteiger partial charge is 0.308 e. The highest BCUT2D eigenvalue weighted by Crippen LogP contribution is 2.31. The highest BCUT2D eigenvalue weighted by molar-refractivity contribution is 8.14. The zero-order valence-corrected chi connectivity index (χ0v) is 20.8. The normalized spacial score (nSPS) is 28.0. The molecule has 3 amide bonds. The summed E-state index contributed by atoms with van der Waals surface area (Å²) in [6.07, 6.45) is 0.379. The molecule has 3 fully saturated rings. The molecule has 0 radical (unpaired) electrons. The van der Waals surface area contributed by atoms with Gasteiger partial charge in [0.2, 0.25) is 17.7 Å². The second-order valence-electron chi connectivity index (χ2n) is 9.86. The molecule has 34 heavy (non-hydrogen) atoms. The molecule has 3 saturated heterocycles. The molecule has 3 aliphatic rings. The molecule has 0 aromatic carbocycles. The van der Waals surface area contributed by atoms with Crippen LogP contribution in [0.2, 0.25) is 0 Å². The molecule has 3 aliphatic heterocycles. The van der Waals surface area contributed by atoms with Crippen molar-refractivity contribution >= 4 is 40.6 Å². The van der Waals surface area contributed by atoms with Gasteiger partial charge >= 0.3 is 5.97 Å². The first-order valence-electron chi connectivity index (χ1n) is 11.9. The van der Waals surface area contributed by atoms with Gasteiger partial charge in [0.1, 0.15) is 18.3 Å².